The van der Waals surface area contributed by atoms with E-state index in [1.54, 1.807) is 0 Å². The Labute approximate surface area is 111 Å². The first kappa shape index (κ1) is 12.4. The fourth-order valence-electron chi connectivity index (χ4n) is 2.04. The highest BCUT2D eigenvalue weighted by Gasteiger charge is 2.09. The molecule has 0 bridgehead atoms. The van der Waals surface area contributed by atoms with Crippen molar-refractivity contribution < 1.29 is 0 Å². The van der Waals surface area contributed by atoms with E-state index in [4.69, 9.17) is 4.98 Å². The summed E-state index contributed by atoms with van der Waals surface area (Å²) in [5.74, 6) is 0. The predicted molar refractivity (Wildman–Crippen MR) is 77.7 cm³/mol. The number of fused-ring (bicyclic) bond motifs is 1. The monoisotopic (exact) mass is 292 g/mol. The van der Waals surface area contributed by atoms with Crippen LogP contribution in [0.15, 0.2) is 22.7 Å². The molecule has 0 aliphatic carbocycles. The Kier molecular flexibility index (Phi) is 3.67. The van der Waals surface area contributed by atoms with E-state index in [2.05, 4.69) is 60.2 Å². The van der Waals surface area contributed by atoms with Gasteiger partial charge < -0.3 is 5.32 Å². The maximum atomic E-state index is 4.71. The van der Waals surface area contributed by atoms with E-state index >= 15 is 0 Å². The van der Waals surface area contributed by atoms with Crippen LogP contribution >= 0.6 is 15.9 Å². The number of halogens is 1. The Bertz CT molecular complexity index is 549. The van der Waals surface area contributed by atoms with Crippen molar-refractivity contribution >= 4 is 32.5 Å². The van der Waals surface area contributed by atoms with Crippen LogP contribution in [0, 0.1) is 6.92 Å². The zero-order chi connectivity index (χ0) is 12.4. The second-order valence-corrected chi connectivity index (χ2v) is 4.99. The zero-order valence-corrected chi connectivity index (χ0v) is 12.1. The Hall–Kier alpha value is -1.09. The molecule has 1 N–H and O–H groups in total. The van der Waals surface area contributed by atoms with Gasteiger partial charge in [-0.3, -0.25) is 4.98 Å². The van der Waals surface area contributed by atoms with E-state index in [9.17, 15) is 0 Å². The number of anilines is 1. The van der Waals surface area contributed by atoms with Crippen LogP contribution in [-0.4, -0.2) is 11.5 Å². The lowest BCUT2D eigenvalue weighted by Gasteiger charge is -2.13. The van der Waals surface area contributed by atoms with Gasteiger partial charge in [-0.2, -0.15) is 0 Å². The summed E-state index contributed by atoms with van der Waals surface area (Å²) in [6, 6.07) is 6.35. The molecule has 0 saturated heterocycles. The fourth-order valence-corrected chi connectivity index (χ4v) is 2.46. The highest BCUT2D eigenvalue weighted by atomic mass is 79.9. The van der Waals surface area contributed by atoms with Crippen LogP contribution in [0.3, 0.4) is 0 Å². The summed E-state index contributed by atoms with van der Waals surface area (Å²) < 4.78 is 1.06. The van der Waals surface area contributed by atoms with Gasteiger partial charge in [0.2, 0.25) is 0 Å². The summed E-state index contributed by atoms with van der Waals surface area (Å²) in [7, 11) is 0. The molecule has 1 heterocycles. The van der Waals surface area contributed by atoms with Crippen molar-refractivity contribution in [2.75, 3.05) is 11.9 Å². The Morgan fingerprint density at radius 3 is 2.71 bits per heavy atom. The standard InChI is InChI=1S/C14H17BrN2/c1-4-10-8-12(16-5-2)13-9(3)6-7-11(15)14(13)17-10/h6-8H,4-5H2,1-3H3,(H,16,17). The number of nitrogens with zero attached hydrogens (tertiary/aromatic N) is 1. The van der Waals surface area contributed by atoms with Gasteiger partial charge in [0.25, 0.3) is 0 Å². The third kappa shape index (κ3) is 2.29. The second kappa shape index (κ2) is 5.05. The summed E-state index contributed by atoms with van der Waals surface area (Å²) in [5.41, 5.74) is 4.63. The topological polar surface area (TPSA) is 24.9 Å². The van der Waals surface area contributed by atoms with Gasteiger partial charge in [0, 0.05) is 27.8 Å². The molecule has 0 atom stereocenters. The van der Waals surface area contributed by atoms with Crippen molar-refractivity contribution in [1.82, 2.24) is 4.98 Å². The van der Waals surface area contributed by atoms with Crippen LogP contribution in [0.1, 0.15) is 25.1 Å². The summed E-state index contributed by atoms with van der Waals surface area (Å²) in [4.78, 5) is 4.71. The molecule has 90 valence electrons. The van der Waals surface area contributed by atoms with Gasteiger partial charge in [0.1, 0.15) is 0 Å². The average molecular weight is 293 g/mol. The normalized spacial score (nSPS) is 10.8. The van der Waals surface area contributed by atoms with Crippen LogP contribution in [0.4, 0.5) is 5.69 Å². The molecule has 17 heavy (non-hydrogen) atoms. The third-order valence-electron chi connectivity index (χ3n) is 2.90. The van der Waals surface area contributed by atoms with Crippen LogP contribution in [-0.2, 0) is 6.42 Å². The van der Waals surface area contributed by atoms with Crippen molar-refractivity contribution in [3.8, 4) is 0 Å². The van der Waals surface area contributed by atoms with E-state index in [-0.39, 0.29) is 0 Å². The highest BCUT2D eigenvalue weighted by molar-refractivity contribution is 9.10. The van der Waals surface area contributed by atoms with Crippen molar-refractivity contribution in [3.05, 3.63) is 33.9 Å². The van der Waals surface area contributed by atoms with E-state index in [1.807, 2.05) is 0 Å². The highest BCUT2D eigenvalue weighted by Crippen LogP contribution is 2.31. The predicted octanol–water partition coefficient (Wildman–Crippen LogP) is 4.30. The van der Waals surface area contributed by atoms with Gasteiger partial charge in [0.15, 0.2) is 0 Å². The maximum absolute atomic E-state index is 4.71. The molecule has 0 saturated carbocycles. The van der Waals surface area contributed by atoms with E-state index in [1.165, 1.54) is 16.6 Å². The minimum absolute atomic E-state index is 0.925. The smallest absolute Gasteiger partial charge is 0.0870 e. The minimum atomic E-state index is 0.925. The summed E-state index contributed by atoms with van der Waals surface area (Å²) in [6.45, 7) is 7.30. The number of aromatic nitrogens is 1. The lowest BCUT2D eigenvalue weighted by molar-refractivity contribution is 1.05. The molecule has 0 unspecified atom stereocenters. The summed E-state index contributed by atoms with van der Waals surface area (Å²) >= 11 is 3.59. The van der Waals surface area contributed by atoms with Crippen molar-refractivity contribution in [1.29, 1.82) is 0 Å². The largest absolute Gasteiger partial charge is 0.385 e. The molecular weight excluding hydrogens is 276 g/mol. The van der Waals surface area contributed by atoms with Crippen molar-refractivity contribution in [3.63, 3.8) is 0 Å². The summed E-state index contributed by atoms with van der Waals surface area (Å²) in [5, 5.41) is 4.65. The van der Waals surface area contributed by atoms with Gasteiger partial charge in [-0.05, 0) is 53.9 Å². The first-order valence-electron chi connectivity index (χ1n) is 6.00. The van der Waals surface area contributed by atoms with Crippen molar-refractivity contribution in [2.24, 2.45) is 0 Å². The zero-order valence-electron chi connectivity index (χ0n) is 10.5. The third-order valence-corrected chi connectivity index (χ3v) is 3.54. The van der Waals surface area contributed by atoms with Gasteiger partial charge >= 0.3 is 0 Å². The second-order valence-electron chi connectivity index (χ2n) is 4.13. The molecule has 1 aromatic heterocycles. The number of hydrogen-bond donors (Lipinski definition) is 1. The Morgan fingerprint density at radius 2 is 2.06 bits per heavy atom. The van der Waals surface area contributed by atoms with Gasteiger partial charge in [0.05, 0.1) is 5.52 Å². The van der Waals surface area contributed by atoms with E-state index < -0.39 is 0 Å². The quantitative estimate of drug-likeness (QED) is 0.912. The van der Waals surface area contributed by atoms with Crippen molar-refractivity contribution in [2.45, 2.75) is 27.2 Å². The number of hydrogen-bond acceptors (Lipinski definition) is 2. The minimum Gasteiger partial charge on any atom is -0.385 e. The molecule has 0 amide bonds. The first-order valence-corrected chi connectivity index (χ1v) is 6.79. The molecule has 2 nitrogen and oxygen atoms in total. The van der Waals surface area contributed by atoms with Crippen LogP contribution in [0.2, 0.25) is 0 Å². The Morgan fingerprint density at radius 1 is 1.29 bits per heavy atom. The molecule has 1 aromatic carbocycles. The van der Waals surface area contributed by atoms with Gasteiger partial charge in [-0.1, -0.05) is 13.0 Å². The lowest BCUT2D eigenvalue weighted by Crippen LogP contribution is -2.01. The van der Waals surface area contributed by atoms with E-state index in [0.29, 0.717) is 0 Å². The fraction of sp³-hybridized carbons (Fsp3) is 0.357. The molecule has 0 fully saturated rings. The van der Waals surface area contributed by atoms with Crippen LogP contribution < -0.4 is 5.32 Å². The maximum Gasteiger partial charge on any atom is 0.0870 e. The SMILES string of the molecule is CCNc1cc(CC)nc2c(Br)ccc(C)c12. The van der Waals surface area contributed by atoms with Gasteiger partial charge in [-0.25, -0.2) is 0 Å². The molecule has 0 aliphatic heterocycles. The van der Waals surface area contributed by atoms with Gasteiger partial charge in [-0.15, -0.1) is 0 Å². The molecule has 2 aromatic rings. The lowest BCUT2D eigenvalue weighted by atomic mass is 10.1. The molecular formula is C14H17BrN2. The number of aryl methyl sites for hydroxylation is 2. The van der Waals surface area contributed by atoms with Crippen LogP contribution in [0.5, 0.6) is 0 Å². The summed E-state index contributed by atoms with van der Waals surface area (Å²) in [6.07, 6.45) is 0.953. The Balaban J connectivity index is 2.80. The number of nitrogens with one attached hydrogen (secondary N) is 1. The molecule has 2 rings (SSSR count). The van der Waals surface area contributed by atoms with Crippen LogP contribution in [0.25, 0.3) is 10.9 Å². The molecule has 3 heteroatoms. The first-order chi connectivity index (χ1) is 8.17. The molecule has 0 spiro atoms. The number of rotatable bonds is 3. The number of pyridine rings is 1. The molecule has 0 aliphatic rings. The van der Waals surface area contributed by atoms with E-state index in [0.717, 1.165) is 28.6 Å². The number of benzene rings is 1. The average Bonchev–Trinajstić information content (AvgIpc) is 2.34. The molecule has 0 radical (unpaired) electrons.